The van der Waals surface area contributed by atoms with Gasteiger partial charge in [0.15, 0.2) is 0 Å². The number of hydrogen-bond donors (Lipinski definition) is 1. The van der Waals surface area contributed by atoms with Gasteiger partial charge < -0.3 is 10.1 Å². The van der Waals surface area contributed by atoms with Crippen LogP contribution in [0.2, 0.25) is 5.02 Å². The largest absolute Gasteiger partial charge is 0.487 e. The number of pyridine rings is 1. The zero-order valence-corrected chi connectivity index (χ0v) is 11.2. The Balaban J connectivity index is 2.04. The average Bonchev–Trinajstić information content (AvgIpc) is 2.40. The van der Waals surface area contributed by atoms with Gasteiger partial charge in [0, 0.05) is 12.1 Å². The molecule has 2 rings (SSSR count). The van der Waals surface area contributed by atoms with Gasteiger partial charge in [-0.05, 0) is 42.8 Å². The van der Waals surface area contributed by atoms with Crippen LogP contribution < -0.4 is 10.1 Å². The summed E-state index contributed by atoms with van der Waals surface area (Å²) >= 11 is 5.96. The molecule has 0 saturated heterocycles. The molecule has 0 radical (unpaired) electrons. The van der Waals surface area contributed by atoms with Gasteiger partial charge in [-0.15, -0.1) is 0 Å². The Hall–Kier alpha value is -1.74. The number of rotatable bonds is 4. The Bertz CT molecular complexity index is 543. The van der Waals surface area contributed by atoms with E-state index in [0.717, 1.165) is 27.8 Å². The first-order valence-electron chi connectivity index (χ1n) is 5.71. The van der Waals surface area contributed by atoms with E-state index in [1.165, 1.54) is 0 Å². The maximum Gasteiger partial charge on any atom is 0.130 e. The highest BCUT2D eigenvalue weighted by Crippen LogP contribution is 2.21. The van der Waals surface area contributed by atoms with Gasteiger partial charge in [-0.3, -0.25) is 0 Å². The van der Waals surface area contributed by atoms with Crippen LogP contribution in [0.3, 0.4) is 0 Å². The number of nitrogens with zero attached hydrogens (tertiary/aromatic N) is 1. The molecule has 0 bridgehead atoms. The second-order valence-electron chi connectivity index (χ2n) is 3.96. The lowest BCUT2D eigenvalue weighted by Crippen LogP contribution is -2.01. The summed E-state index contributed by atoms with van der Waals surface area (Å²) in [6.07, 6.45) is 0. The first-order valence-corrected chi connectivity index (χ1v) is 6.09. The van der Waals surface area contributed by atoms with Crippen molar-refractivity contribution in [3.63, 3.8) is 0 Å². The van der Waals surface area contributed by atoms with Crippen molar-refractivity contribution in [3.05, 3.63) is 52.7 Å². The summed E-state index contributed by atoms with van der Waals surface area (Å²) in [5.41, 5.74) is 1.89. The van der Waals surface area contributed by atoms with Crippen LogP contribution in [0.5, 0.6) is 5.75 Å². The Kier molecular flexibility index (Phi) is 4.05. The monoisotopic (exact) mass is 262 g/mol. The summed E-state index contributed by atoms with van der Waals surface area (Å²) in [6, 6.07) is 11.4. The molecule has 0 atom stereocenters. The minimum Gasteiger partial charge on any atom is -0.487 e. The van der Waals surface area contributed by atoms with Gasteiger partial charge >= 0.3 is 0 Å². The van der Waals surface area contributed by atoms with Gasteiger partial charge in [-0.1, -0.05) is 17.7 Å². The van der Waals surface area contributed by atoms with Crippen molar-refractivity contribution in [2.24, 2.45) is 0 Å². The van der Waals surface area contributed by atoms with Gasteiger partial charge in [0.2, 0.25) is 0 Å². The number of benzene rings is 1. The van der Waals surface area contributed by atoms with Gasteiger partial charge in [0.05, 0.1) is 5.69 Å². The normalized spacial score (nSPS) is 10.2. The summed E-state index contributed by atoms with van der Waals surface area (Å²) in [5.74, 6) is 1.64. The molecule has 0 aliphatic carbocycles. The van der Waals surface area contributed by atoms with E-state index in [1.807, 2.05) is 50.4 Å². The topological polar surface area (TPSA) is 34.1 Å². The molecule has 0 aliphatic rings. The van der Waals surface area contributed by atoms with Crippen LogP contribution in [-0.2, 0) is 6.61 Å². The third-order valence-electron chi connectivity index (χ3n) is 2.58. The number of nitrogens with one attached hydrogen (secondary N) is 1. The van der Waals surface area contributed by atoms with Crippen LogP contribution in [0.25, 0.3) is 0 Å². The number of halogens is 1. The highest BCUT2D eigenvalue weighted by molar-refractivity contribution is 6.31. The van der Waals surface area contributed by atoms with E-state index in [1.54, 1.807) is 0 Å². The SMILES string of the molecule is CNc1cccc(COc2ccc(Cl)c(C)c2)n1. The molecule has 2 aromatic rings. The molecule has 0 unspecified atom stereocenters. The van der Waals surface area contributed by atoms with Crippen molar-refractivity contribution in [2.75, 3.05) is 12.4 Å². The Morgan fingerprint density at radius 2 is 2.11 bits per heavy atom. The molecule has 1 heterocycles. The van der Waals surface area contributed by atoms with Gasteiger partial charge in [-0.2, -0.15) is 0 Å². The summed E-state index contributed by atoms with van der Waals surface area (Å²) in [5, 5.41) is 3.75. The van der Waals surface area contributed by atoms with Gasteiger partial charge in [0.1, 0.15) is 18.2 Å². The zero-order valence-electron chi connectivity index (χ0n) is 10.4. The molecule has 0 fully saturated rings. The number of anilines is 1. The molecule has 0 saturated carbocycles. The zero-order chi connectivity index (χ0) is 13.0. The molecule has 0 aliphatic heterocycles. The molecule has 18 heavy (non-hydrogen) atoms. The van der Waals surface area contributed by atoms with E-state index in [9.17, 15) is 0 Å². The van der Waals surface area contributed by atoms with E-state index >= 15 is 0 Å². The molecule has 0 spiro atoms. The fourth-order valence-electron chi connectivity index (χ4n) is 1.56. The van der Waals surface area contributed by atoms with Crippen LogP contribution in [0.1, 0.15) is 11.3 Å². The highest BCUT2D eigenvalue weighted by Gasteiger charge is 2.01. The van der Waals surface area contributed by atoms with Gasteiger partial charge in [-0.25, -0.2) is 4.98 Å². The molecule has 3 nitrogen and oxygen atoms in total. The lowest BCUT2D eigenvalue weighted by atomic mass is 10.2. The predicted octanol–water partition coefficient (Wildman–Crippen LogP) is 3.66. The molecule has 1 N–H and O–H groups in total. The first-order chi connectivity index (χ1) is 8.69. The fourth-order valence-corrected chi connectivity index (χ4v) is 1.68. The van der Waals surface area contributed by atoms with E-state index in [0.29, 0.717) is 6.61 Å². The van der Waals surface area contributed by atoms with Crippen LogP contribution in [0, 0.1) is 6.92 Å². The number of aryl methyl sites for hydroxylation is 1. The molecule has 94 valence electrons. The Labute approximate surface area is 112 Å². The molecular formula is C14H15ClN2O. The fraction of sp³-hybridized carbons (Fsp3) is 0.214. The maximum absolute atomic E-state index is 5.96. The van der Waals surface area contributed by atoms with E-state index in [2.05, 4.69) is 10.3 Å². The molecular weight excluding hydrogens is 248 g/mol. The first kappa shape index (κ1) is 12.7. The van der Waals surface area contributed by atoms with Crippen molar-refractivity contribution < 1.29 is 4.74 Å². The van der Waals surface area contributed by atoms with Crippen LogP contribution in [0.4, 0.5) is 5.82 Å². The average molecular weight is 263 g/mol. The lowest BCUT2D eigenvalue weighted by molar-refractivity contribution is 0.301. The Morgan fingerprint density at radius 1 is 1.28 bits per heavy atom. The summed E-state index contributed by atoms with van der Waals surface area (Å²) in [6.45, 7) is 2.39. The predicted molar refractivity (Wildman–Crippen MR) is 74.3 cm³/mol. The quantitative estimate of drug-likeness (QED) is 0.913. The second kappa shape index (κ2) is 5.74. The molecule has 0 amide bonds. The molecule has 4 heteroatoms. The Morgan fingerprint density at radius 3 is 2.83 bits per heavy atom. The van der Waals surface area contributed by atoms with E-state index in [-0.39, 0.29) is 0 Å². The van der Waals surface area contributed by atoms with Crippen LogP contribution in [-0.4, -0.2) is 12.0 Å². The molecule has 1 aromatic heterocycles. The van der Waals surface area contributed by atoms with Crippen molar-refractivity contribution in [3.8, 4) is 5.75 Å². The van der Waals surface area contributed by atoms with Crippen molar-refractivity contribution in [1.82, 2.24) is 4.98 Å². The number of hydrogen-bond acceptors (Lipinski definition) is 3. The van der Waals surface area contributed by atoms with Crippen LogP contribution >= 0.6 is 11.6 Å². The maximum atomic E-state index is 5.96. The van der Waals surface area contributed by atoms with Crippen molar-refractivity contribution >= 4 is 17.4 Å². The minimum absolute atomic E-state index is 0.441. The second-order valence-corrected chi connectivity index (χ2v) is 4.37. The van der Waals surface area contributed by atoms with Crippen molar-refractivity contribution in [2.45, 2.75) is 13.5 Å². The summed E-state index contributed by atoms with van der Waals surface area (Å²) in [7, 11) is 1.84. The third-order valence-corrected chi connectivity index (χ3v) is 3.00. The van der Waals surface area contributed by atoms with E-state index in [4.69, 9.17) is 16.3 Å². The van der Waals surface area contributed by atoms with Gasteiger partial charge in [0.25, 0.3) is 0 Å². The molecule has 1 aromatic carbocycles. The highest BCUT2D eigenvalue weighted by atomic mass is 35.5. The number of aromatic nitrogens is 1. The standard InChI is InChI=1S/C14H15ClN2O/c1-10-8-12(6-7-13(10)15)18-9-11-4-3-5-14(16-2)17-11/h3-8H,9H2,1-2H3,(H,16,17). The summed E-state index contributed by atoms with van der Waals surface area (Å²) < 4.78 is 5.68. The summed E-state index contributed by atoms with van der Waals surface area (Å²) in [4.78, 5) is 4.38. The third kappa shape index (κ3) is 3.14. The smallest absolute Gasteiger partial charge is 0.130 e. The minimum atomic E-state index is 0.441. The number of ether oxygens (including phenoxy) is 1. The van der Waals surface area contributed by atoms with Crippen LogP contribution in [0.15, 0.2) is 36.4 Å². The van der Waals surface area contributed by atoms with Crippen molar-refractivity contribution in [1.29, 1.82) is 0 Å². The van der Waals surface area contributed by atoms with E-state index < -0.39 is 0 Å². The lowest BCUT2D eigenvalue weighted by Gasteiger charge is -2.08.